The third-order valence-corrected chi connectivity index (χ3v) is 5.87. The highest BCUT2D eigenvalue weighted by Crippen LogP contribution is 2.33. The van der Waals surface area contributed by atoms with Gasteiger partial charge in [-0.3, -0.25) is 0 Å². The molecule has 1 fully saturated rings. The lowest BCUT2D eigenvalue weighted by Crippen LogP contribution is -2.35. The zero-order valence-corrected chi connectivity index (χ0v) is 14.2. The van der Waals surface area contributed by atoms with Gasteiger partial charge in [0.25, 0.3) is 0 Å². The van der Waals surface area contributed by atoms with Gasteiger partial charge in [0.05, 0.1) is 5.69 Å². The number of rotatable bonds is 6. The van der Waals surface area contributed by atoms with E-state index in [9.17, 15) is 0 Å². The Morgan fingerprint density at radius 2 is 1.95 bits per heavy atom. The SMILES string of the molecule is CCc1nc(N(C)C2CCC(CC)CC2)sc1CNC. The van der Waals surface area contributed by atoms with Crippen LogP contribution in [0.2, 0.25) is 0 Å². The Kier molecular flexibility index (Phi) is 5.85. The van der Waals surface area contributed by atoms with Gasteiger partial charge in [-0.25, -0.2) is 4.98 Å². The number of aromatic nitrogens is 1. The molecule has 0 bridgehead atoms. The predicted octanol–water partition coefficient (Wildman–Crippen LogP) is 3.83. The molecule has 1 saturated carbocycles. The third kappa shape index (κ3) is 3.53. The Balaban J connectivity index is 2.03. The van der Waals surface area contributed by atoms with Gasteiger partial charge < -0.3 is 10.2 Å². The van der Waals surface area contributed by atoms with Crippen LogP contribution in [0.4, 0.5) is 5.13 Å². The maximum atomic E-state index is 4.87. The molecule has 0 radical (unpaired) electrons. The molecule has 0 aromatic carbocycles. The van der Waals surface area contributed by atoms with Gasteiger partial charge in [-0.05, 0) is 45.1 Å². The molecule has 0 amide bonds. The third-order valence-electron chi connectivity index (χ3n) is 4.68. The van der Waals surface area contributed by atoms with E-state index in [1.54, 1.807) is 0 Å². The van der Waals surface area contributed by atoms with Crippen molar-refractivity contribution in [1.29, 1.82) is 0 Å². The quantitative estimate of drug-likeness (QED) is 0.864. The summed E-state index contributed by atoms with van der Waals surface area (Å²) in [5, 5.41) is 4.47. The van der Waals surface area contributed by atoms with Crippen LogP contribution in [0.3, 0.4) is 0 Å². The molecule has 0 saturated heterocycles. The van der Waals surface area contributed by atoms with Crippen LogP contribution in [-0.2, 0) is 13.0 Å². The van der Waals surface area contributed by atoms with Gasteiger partial charge in [0.1, 0.15) is 0 Å². The van der Waals surface area contributed by atoms with Crippen molar-refractivity contribution in [3.05, 3.63) is 10.6 Å². The number of thiazole rings is 1. The number of hydrogen-bond donors (Lipinski definition) is 1. The highest BCUT2D eigenvalue weighted by Gasteiger charge is 2.25. The Morgan fingerprint density at radius 1 is 1.25 bits per heavy atom. The normalized spacial score (nSPS) is 23.0. The van der Waals surface area contributed by atoms with Crippen molar-refractivity contribution in [2.24, 2.45) is 5.92 Å². The lowest BCUT2D eigenvalue weighted by atomic mass is 9.84. The fraction of sp³-hybridized carbons (Fsp3) is 0.812. The van der Waals surface area contributed by atoms with E-state index >= 15 is 0 Å². The van der Waals surface area contributed by atoms with Crippen molar-refractivity contribution in [2.45, 2.75) is 65.0 Å². The predicted molar refractivity (Wildman–Crippen MR) is 88.7 cm³/mol. The lowest BCUT2D eigenvalue weighted by Gasteiger charge is -2.34. The summed E-state index contributed by atoms with van der Waals surface area (Å²) in [6.45, 7) is 5.47. The second-order valence-electron chi connectivity index (χ2n) is 5.94. The standard InChI is InChI=1S/C16H29N3S/c1-5-12-7-9-13(10-8-12)19(4)16-18-14(6-2)15(20-16)11-17-3/h12-13,17H,5-11H2,1-4H3. The van der Waals surface area contributed by atoms with E-state index in [1.165, 1.54) is 47.8 Å². The number of anilines is 1. The van der Waals surface area contributed by atoms with Gasteiger partial charge in [0.2, 0.25) is 0 Å². The highest BCUT2D eigenvalue weighted by atomic mass is 32.1. The first kappa shape index (κ1) is 15.8. The van der Waals surface area contributed by atoms with Crippen LogP contribution in [0.15, 0.2) is 0 Å². The Hall–Kier alpha value is -0.610. The van der Waals surface area contributed by atoms with E-state index in [2.05, 4.69) is 31.1 Å². The minimum atomic E-state index is 0.691. The fourth-order valence-electron chi connectivity index (χ4n) is 3.19. The molecule has 1 N–H and O–H groups in total. The van der Waals surface area contributed by atoms with Crippen molar-refractivity contribution >= 4 is 16.5 Å². The van der Waals surface area contributed by atoms with Crippen LogP contribution < -0.4 is 10.2 Å². The van der Waals surface area contributed by atoms with Crippen LogP contribution in [-0.4, -0.2) is 25.1 Å². The first-order chi connectivity index (χ1) is 9.69. The van der Waals surface area contributed by atoms with Gasteiger partial charge >= 0.3 is 0 Å². The van der Waals surface area contributed by atoms with E-state index in [0.29, 0.717) is 6.04 Å². The monoisotopic (exact) mass is 295 g/mol. The number of nitrogens with zero attached hydrogens (tertiary/aromatic N) is 2. The van der Waals surface area contributed by atoms with E-state index in [4.69, 9.17) is 4.98 Å². The smallest absolute Gasteiger partial charge is 0.185 e. The maximum Gasteiger partial charge on any atom is 0.185 e. The van der Waals surface area contributed by atoms with Crippen LogP contribution in [0, 0.1) is 5.92 Å². The molecular formula is C16H29N3S. The number of hydrogen-bond acceptors (Lipinski definition) is 4. The Bertz CT molecular complexity index is 408. The summed E-state index contributed by atoms with van der Waals surface area (Å²) in [6.07, 6.45) is 7.82. The second-order valence-corrected chi connectivity index (χ2v) is 7.01. The molecule has 0 spiro atoms. The largest absolute Gasteiger partial charge is 0.348 e. The summed E-state index contributed by atoms with van der Waals surface area (Å²) in [5.41, 5.74) is 1.27. The zero-order valence-electron chi connectivity index (χ0n) is 13.4. The van der Waals surface area contributed by atoms with Crippen molar-refractivity contribution in [2.75, 3.05) is 19.0 Å². The maximum absolute atomic E-state index is 4.87. The molecule has 2 rings (SSSR count). The molecule has 0 aliphatic heterocycles. The molecule has 1 aromatic heterocycles. The molecule has 1 heterocycles. The van der Waals surface area contributed by atoms with Gasteiger partial charge in [-0.1, -0.05) is 20.3 Å². The summed E-state index contributed by atoms with van der Waals surface area (Å²) >= 11 is 1.87. The molecule has 0 unspecified atom stereocenters. The molecule has 3 nitrogen and oxygen atoms in total. The van der Waals surface area contributed by atoms with Crippen LogP contribution in [0.5, 0.6) is 0 Å². The van der Waals surface area contributed by atoms with Gasteiger partial charge in [0, 0.05) is 24.5 Å². The van der Waals surface area contributed by atoms with Crippen molar-refractivity contribution in [1.82, 2.24) is 10.3 Å². The Labute approximate surface area is 127 Å². The van der Waals surface area contributed by atoms with E-state index in [-0.39, 0.29) is 0 Å². The molecule has 114 valence electrons. The summed E-state index contributed by atoms with van der Waals surface area (Å²) < 4.78 is 0. The van der Waals surface area contributed by atoms with E-state index < -0.39 is 0 Å². The molecule has 0 atom stereocenters. The Morgan fingerprint density at radius 3 is 2.50 bits per heavy atom. The van der Waals surface area contributed by atoms with Crippen LogP contribution >= 0.6 is 11.3 Å². The molecule has 1 aliphatic rings. The summed E-state index contributed by atoms with van der Waals surface area (Å²) in [4.78, 5) is 8.71. The number of aryl methyl sites for hydroxylation is 1. The van der Waals surface area contributed by atoms with Crippen molar-refractivity contribution < 1.29 is 0 Å². The molecular weight excluding hydrogens is 266 g/mol. The highest BCUT2D eigenvalue weighted by molar-refractivity contribution is 7.15. The van der Waals surface area contributed by atoms with Crippen molar-refractivity contribution in [3.63, 3.8) is 0 Å². The summed E-state index contributed by atoms with van der Waals surface area (Å²) in [6, 6.07) is 0.691. The second kappa shape index (κ2) is 7.41. The van der Waals surface area contributed by atoms with E-state index in [0.717, 1.165) is 18.9 Å². The summed E-state index contributed by atoms with van der Waals surface area (Å²) in [7, 11) is 4.24. The van der Waals surface area contributed by atoms with Crippen LogP contribution in [0.1, 0.15) is 56.5 Å². The first-order valence-electron chi connectivity index (χ1n) is 8.05. The van der Waals surface area contributed by atoms with Gasteiger partial charge in [-0.2, -0.15) is 0 Å². The topological polar surface area (TPSA) is 28.2 Å². The number of nitrogens with one attached hydrogen (secondary N) is 1. The van der Waals surface area contributed by atoms with Crippen LogP contribution in [0.25, 0.3) is 0 Å². The molecule has 4 heteroatoms. The molecule has 1 aromatic rings. The van der Waals surface area contributed by atoms with E-state index in [1.807, 2.05) is 18.4 Å². The molecule has 20 heavy (non-hydrogen) atoms. The van der Waals surface area contributed by atoms with Gasteiger partial charge in [0.15, 0.2) is 5.13 Å². The van der Waals surface area contributed by atoms with Gasteiger partial charge in [-0.15, -0.1) is 11.3 Å². The van der Waals surface area contributed by atoms with Crippen molar-refractivity contribution in [3.8, 4) is 0 Å². The summed E-state index contributed by atoms with van der Waals surface area (Å²) in [5.74, 6) is 0.960. The minimum Gasteiger partial charge on any atom is -0.348 e. The average molecular weight is 295 g/mol. The average Bonchev–Trinajstić information content (AvgIpc) is 2.90. The lowest BCUT2D eigenvalue weighted by molar-refractivity contribution is 0.313. The first-order valence-corrected chi connectivity index (χ1v) is 8.87. The minimum absolute atomic E-state index is 0.691. The molecule has 1 aliphatic carbocycles. The zero-order chi connectivity index (χ0) is 14.5. The fourth-order valence-corrected chi connectivity index (χ4v) is 4.39.